The number of aliphatic hydroxyl groups excluding tert-OH is 1. The van der Waals surface area contributed by atoms with Crippen LogP contribution in [0.3, 0.4) is 0 Å². The normalized spacial score (nSPS) is 17.1. The zero-order chi connectivity index (χ0) is 9.80. The van der Waals surface area contributed by atoms with Crippen LogP contribution in [0.15, 0.2) is 12.3 Å². The van der Waals surface area contributed by atoms with Crippen molar-refractivity contribution in [2.45, 2.75) is 6.61 Å². The molecule has 1 N–H and O–H groups in total. The molecule has 1 saturated heterocycles. The SMILES string of the molecule is OCc1nccc(N2CCSCC2)n1. The Balaban J connectivity index is 2.13. The van der Waals surface area contributed by atoms with Crippen LogP contribution in [0, 0.1) is 0 Å². The van der Waals surface area contributed by atoms with E-state index in [-0.39, 0.29) is 6.61 Å². The van der Waals surface area contributed by atoms with E-state index in [9.17, 15) is 0 Å². The Morgan fingerprint density at radius 1 is 1.43 bits per heavy atom. The molecule has 0 unspecified atom stereocenters. The van der Waals surface area contributed by atoms with E-state index in [4.69, 9.17) is 5.11 Å². The molecule has 0 amide bonds. The topological polar surface area (TPSA) is 49.3 Å². The minimum absolute atomic E-state index is 0.0869. The third-order valence-corrected chi connectivity index (χ3v) is 3.11. The molecule has 1 aliphatic heterocycles. The fourth-order valence-electron chi connectivity index (χ4n) is 1.43. The Hall–Kier alpha value is -0.810. The highest BCUT2D eigenvalue weighted by Gasteiger charge is 2.12. The lowest BCUT2D eigenvalue weighted by Crippen LogP contribution is -2.33. The molecule has 1 fully saturated rings. The number of rotatable bonds is 2. The zero-order valence-electron chi connectivity index (χ0n) is 7.89. The Bertz CT molecular complexity index is 302. The number of hydrogen-bond donors (Lipinski definition) is 1. The zero-order valence-corrected chi connectivity index (χ0v) is 8.70. The van der Waals surface area contributed by atoms with Gasteiger partial charge in [-0.1, -0.05) is 0 Å². The molecule has 5 heteroatoms. The Kier molecular flexibility index (Phi) is 3.21. The Labute approximate surface area is 87.4 Å². The van der Waals surface area contributed by atoms with E-state index in [1.807, 2.05) is 17.8 Å². The molecular weight excluding hydrogens is 198 g/mol. The van der Waals surface area contributed by atoms with Gasteiger partial charge in [0.1, 0.15) is 12.4 Å². The van der Waals surface area contributed by atoms with E-state index >= 15 is 0 Å². The second-order valence-electron chi connectivity index (χ2n) is 3.09. The molecule has 0 radical (unpaired) electrons. The number of nitrogens with zero attached hydrogens (tertiary/aromatic N) is 3. The van der Waals surface area contributed by atoms with Crippen LogP contribution in [-0.2, 0) is 6.61 Å². The van der Waals surface area contributed by atoms with E-state index < -0.39 is 0 Å². The average molecular weight is 211 g/mol. The van der Waals surface area contributed by atoms with Crippen LogP contribution in [0.2, 0.25) is 0 Å². The summed E-state index contributed by atoms with van der Waals surface area (Å²) in [5.41, 5.74) is 0. The maximum absolute atomic E-state index is 8.91. The molecule has 1 aromatic rings. The summed E-state index contributed by atoms with van der Waals surface area (Å²) in [7, 11) is 0. The highest BCUT2D eigenvalue weighted by molar-refractivity contribution is 7.99. The van der Waals surface area contributed by atoms with Crippen molar-refractivity contribution in [2.75, 3.05) is 29.5 Å². The molecule has 0 aliphatic carbocycles. The maximum atomic E-state index is 8.91. The first-order valence-corrected chi connectivity index (χ1v) is 5.81. The van der Waals surface area contributed by atoms with Gasteiger partial charge in [-0.05, 0) is 6.07 Å². The van der Waals surface area contributed by atoms with Crippen molar-refractivity contribution < 1.29 is 5.11 Å². The van der Waals surface area contributed by atoms with Crippen LogP contribution in [-0.4, -0.2) is 39.7 Å². The fourth-order valence-corrected chi connectivity index (χ4v) is 2.34. The summed E-state index contributed by atoms with van der Waals surface area (Å²) in [6, 6.07) is 1.90. The van der Waals surface area contributed by atoms with Crippen molar-refractivity contribution >= 4 is 17.6 Å². The maximum Gasteiger partial charge on any atom is 0.156 e. The fraction of sp³-hybridized carbons (Fsp3) is 0.556. The summed E-state index contributed by atoms with van der Waals surface area (Å²) in [6.07, 6.45) is 1.70. The molecule has 0 bridgehead atoms. The van der Waals surface area contributed by atoms with Crippen molar-refractivity contribution in [3.63, 3.8) is 0 Å². The largest absolute Gasteiger partial charge is 0.388 e. The van der Waals surface area contributed by atoms with Gasteiger partial charge in [-0.25, -0.2) is 9.97 Å². The van der Waals surface area contributed by atoms with Crippen molar-refractivity contribution in [1.82, 2.24) is 9.97 Å². The summed E-state index contributed by atoms with van der Waals surface area (Å²) in [5, 5.41) is 8.91. The second-order valence-corrected chi connectivity index (χ2v) is 4.31. The van der Waals surface area contributed by atoms with Crippen molar-refractivity contribution in [3.05, 3.63) is 18.1 Å². The van der Waals surface area contributed by atoms with Gasteiger partial charge in [0.2, 0.25) is 0 Å². The number of hydrogen-bond acceptors (Lipinski definition) is 5. The molecule has 2 heterocycles. The minimum Gasteiger partial charge on any atom is -0.388 e. The van der Waals surface area contributed by atoms with Gasteiger partial charge in [0.25, 0.3) is 0 Å². The minimum atomic E-state index is -0.0869. The molecular formula is C9H13N3OS. The van der Waals surface area contributed by atoms with E-state index in [0.29, 0.717) is 5.82 Å². The summed E-state index contributed by atoms with van der Waals surface area (Å²) in [4.78, 5) is 10.5. The molecule has 14 heavy (non-hydrogen) atoms. The molecule has 0 aromatic carbocycles. The third-order valence-electron chi connectivity index (χ3n) is 2.17. The average Bonchev–Trinajstić information content (AvgIpc) is 2.30. The van der Waals surface area contributed by atoms with Gasteiger partial charge >= 0.3 is 0 Å². The molecule has 76 valence electrons. The molecule has 4 nitrogen and oxygen atoms in total. The van der Waals surface area contributed by atoms with Gasteiger partial charge in [0.15, 0.2) is 5.82 Å². The summed E-state index contributed by atoms with van der Waals surface area (Å²) in [5.74, 6) is 3.74. The molecule has 0 saturated carbocycles. The Morgan fingerprint density at radius 2 is 2.21 bits per heavy atom. The number of aliphatic hydroxyl groups is 1. The lowest BCUT2D eigenvalue weighted by Gasteiger charge is -2.27. The van der Waals surface area contributed by atoms with Gasteiger partial charge < -0.3 is 10.0 Å². The predicted octanol–water partition coefficient (Wildman–Crippen LogP) is 0.522. The van der Waals surface area contributed by atoms with E-state index in [0.717, 1.165) is 30.4 Å². The second kappa shape index (κ2) is 4.61. The van der Waals surface area contributed by atoms with Crippen LogP contribution >= 0.6 is 11.8 Å². The standard InChI is InChI=1S/C9H13N3OS/c13-7-8-10-2-1-9(11-8)12-3-5-14-6-4-12/h1-2,13H,3-7H2. The number of thioether (sulfide) groups is 1. The van der Waals surface area contributed by atoms with E-state index in [1.165, 1.54) is 0 Å². The van der Waals surface area contributed by atoms with Gasteiger partial charge in [0, 0.05) is 30.8 Å². The van der Waals surface area contributed by atoms with E-state index in [1.54, 1.807) is 6.20 Å². The highest BCUT2D eigenvalue weighted by Crippen LogP contribution is 2.16. The molecule has 1 aliphatic rings. The van der Waals surface area contributed by atoms with Crippen LogP contribution in [0.4, 0.5) is 5.82 Å². The third kappa shape index (κ3) is 2.16. The highest BCUT2D eigenvalue weighted by atomic mass is 32.2. The lowest BCUT2D eigenvalue weighted by molar-refractivity contribution is 0.271. The first-order valence-electron chi connectivity index (χ1n) is 4.65. The summed E-state index contributed by atoms with van der Waals surface area (Å²) < 4.78 is 0. The molecule has 0 atom stereocenters. The quantitative estimate of drug-likeness (QED) is 0.773. The Morgan fingerprint density at radius 3 is 2.93 bits per heavy atom. The number of aromatic nitrogens is 2. The van der Waals surface area contributed by atoms with Crippen molar-refractivity contribution in [1.29, 1.82) is 0 Å². The molecule has 1 aromatic heterocycles. The molecule has 2 rings (SSSR count). The first kappa shape index (κ1) is 9.73. The predicted molar refractivity (Wildman–Crippen MR) is 57.5 cm³/mol. The van der Waals surface area contributed by atoms with Crippen LogP contribution in [0.5, 0.6) is 0 Å². The number of anilines is 1. The van der Waals surface area contributed by atoms with Crippen LogP contribution in [0.25, 0.3) is 0 Å². The van der Waals surface area contributed by atoms with Crippen molar-refractivity contribution in [2.24, 2.45) is 0 Å². The van der Waals surface area contributed by atoms with Crippen molar-refractivity contribution in [3.8, 4) is 0 Å². The summed E-state index contributed by atoms with van der Waals surface area (Å²) >= 11 is 1.97. The lowest BCUT2D eigenvalue weighted by atomic mass is 10.4. The van der Waals surface area contributed by atoms with Crippen LogP contribution in [0.1, 0.15) is 5.82 Å². The van der Waals surface area contributed by atoms with Gasteiger partial charge in [-0.2, -0.15) is 11.8 Å². The van der Waals surface area contributed by atoms with Gasteiger partial charge in [-0.15, -0.1) is 0 Å². The monoisotopic (exact) mass is 211 g/mol. The van der Waals surface area contributed by atoms with Gasteiger partial charge in [-0.3, -0.25) is 0 Å². The van der Waals surface area contributed by atoms with Gasteiger partial charge in [0.05, 0.1) is 0 Å². The smallest absolute Gasteiger partial charge is 0.156 e. The molecule has 0 spiro atoms. The summed E-state index contributed by atoms with van der Waals surface area (Å²) in [6.45, 7) is 1.98. The first-order chi connectivity index (χ1) is 6.90. The van der Waals surface area contributed by atoms with E-state index in [2.05, 4.69) is 14.9 Å². The van der Waals surface area contributed by atoms with Crippen LogP contribution < -0.4 is 4.90 Å².